The lowest BCUT2D eigenvalue weighted by molar-refractivity contribution is 0.0601. The van der Waals surface area contributed by atoms with E-state index in [1.54, 1.807) is 0 Å². The Morgan fingerprint density at radius 1 is 0.808 bits per heavy atom. The lowest BCUT2D eigenvalue weighted by Crippen LogP contribution is -2.30. The number of carbonyl (C=O) groups excluding carboxylic acids is 1. The van der Waals surface area contributed by atoms with Crippen LogP contribution in [0, 0.1) is 0 Å². The first-order chi connectivity index (χ1) is 12.5. The molecular formula is C23H21NO2. The van der Waals surface area contributed by atoms with Gasteiger partial charge in [0.25, 0.3) is 0 Å². The Bertz CT molecular complexity index is 924. The summed E-state index contributed by atoms with van der Waals surface area (Å²) in [6, 6.07) is 24.6. The van der Waals surface area contributed by atoms with Gasteiger partial charge in [-0.25, -0.2) is 4.79 Å². The summed E-state index contributed by atoms with van der Waals surface area (Å²) in [4.78, 5) is 14.0. The van der Waals surface area contributed by atoms with Crippen molar-refractivity contribution in [2.75, 3.05) is 12.0 Å². The van der Waals surface area contributed by atoms with Gasteiger partial charge in [0.05, 0.1) is 24.0 Å². The van der Waals surface area contributed by atoms with E-state index < -0.39 is 0 Å². The maximum Gasteiger partial charge on any atom is 0.337 e. The van der Waals surface area contributed by atoms with Crippen LogP contribution in [0.3, 0.4) is 0 Å². The number of benzene rings is 3. The third-order valence-corrected chi connectivity index (χ3v) is 5.18. The Hall–Kier alpha value is -3.07. The fourth-order valence-electron chi connectivity index (χ4n) is 3.81. The molecule has 3 heteroatoms. The minimum atomic E-state index is -0.322. The highest BCUT2D eigenvalue weighted by Crippen LogP contribution is 2.51. The zero-order valence-corrected chi connectivity index (χ0v) is 15.2. The summed E-state index contributed by atoms with van der Waals surface area (Å²) < 4.78 is 4.81. The van der Waals surface area contributed by atoms with Gasteiger partial charge in [-0.3, -0.25) is 0 Å². The number of rotatable bonds is 2. The number of fused-ring (bicyclic) bond motifs is 2. The molecule has 130 valence electrons. The first kappa shape index (κ1) is 16.4. The number of hydrogen-bond acceptors (Lipinski definition) is 3. The van der Waals surface area contributed by atoms with Gasteiger partial charge in [-0.15, -0.1) is 0 Å². The number of para-hydroxylation sites is 2. The van der Waals surface area contributed by atoms with Crippen molar-refractivity contribution >= 4 is 23.0 Å². The van der Waals surface area contributed by atoms with Crippen molar-refractivity contribution < 1.29 is 9.53 Å². The van der Waals surface area contributed by atoms with Crippen molar-refractivity contribution in [3.05, 3.63) is 89.5 Å². The van der Waals surface area contributed by atoms with Crippen LogP contribution in [0.1, 0.15) is 35.3 Å². The lowest BCUT2D eigenvalue weighted by Gasteiger charge is -2.42. The third kappa shape index (κ3) is 2.39. The van der Waals surface area contributed by atoms with Crippen LogP contribution >= 0.6 is 0 Å². The van der Waals surface area contributed by atoms with Gasteiger partial charge in [-0.05, 0) is 47.5 Å². The minimum Gasteiger partial charge on any atom is -0.465 e. The Balaban J connectivity index is 1.91. The maximum absolute atomic E-state index is 11.7. The van der Waals surface area contributed by atoms with Crippen LogP contribution < -0.4 is 4.90 Å². The summed E-state index contributed by atoms with van der Waals surface area (Å²) in [5, 5.41) is 0. The molecule has 0 spiro atoms. The van der Waals surface area contributed by atoms with Gasteiger partial charge < -0.3 is 9.64 Å². The van der Waals surface area contributed by atoms with Gasteiger partial charge in [0.1, 0.15) is 0 Å². The Morgan fingerprint density at radius 3 is 1.81 bits per heavy atom. The topological polar surface area (TPSA) is 29.5 Å². The van der Waals surface area contributed by atoms with Gasteiger partial charge in [0, 0.05) is 11.1 Å². The van der Waals surface area contributed by atoms with Crippen LogP contribution in [0.5, 0.6) is 0 Å². The largest absolute Gasteiger partial charge is 0.465 e. The lowest BCUT2D eigenvalue weighted by atomic mass is 9.73. The first-order valence-electron chi connectivity index (χ1n) is 8.71. The van der Waals surface area contributed by atoms with Crippen molar-refractivity contribution in [3.8, 4) is 0 Å². The minimum absolute atomic E-state index is 0.0738. The molecule has 1 heterocycles. The summed E-state index contributed by atoms with van der Waals surface area (Å²) in [5.74, 6) is -0.322. The number of methoxy groups -OCH3 is 1. The van der Waals surface area contributed by atoms with Crippen LogP contribution in [0.15, 0.2) is 72.8 Å². The van der Waals surface area contributed by atoms with Gasteiger partial charge in [-0.2, -0.15) is 0 Å². The molecule has 1 aliphatic heterocycles. The summed E-state index contributed by atoms with van der Waals surface area (Å²) in [7, 11) is 1.40. The molecule has 4 rings (SSSR count). The Labute approximate surface area is 153 Å². The van der Waals surface area contributed by atoms with E-state index in [9.17, 15) is 4.79 Å². The molecule has 0 amide bonds. The molecule has 3 aromatic rings. The average molecular weight is 343 g/mol. The second-order valence-corrected chi connectivity index (χ2v) is 7.03. The highest BCUT2D eigenvalue weighted by molar-refractivity contribution is 5.91. The Kier molecular flexibility index (Phi) is 3.80. The summed E-state index contributed by atoms with van der Waals surface area (Å²) in [6.07, 6.45) is 0. The van der Waals surface area contributed by atoms with Crippen LogP contribution in [0.2, 0.25) is 0 Å². The number of carbonyl (C=O) groups is 1. The highest BCUT2D eigenvalue weighted by atomic mass is 16.5. The molecule has 0 saturated carbocycles. The molecule has 1 aliphatic rings. The second kappa shape index (κ2) is 6.03. The second-order valence-electron chi connectivity index (χ2n) is 7.03. The molecule has 0 aliphatic carbocycles. The zero-order valence-electron chi connectivity index (χ0n) is 15.2. The standard InChI is InChI=1S/C23H21NO2/c1-23(2)18-8-4-6-10-20(18)24(21-11-7-5-9-19(21)23)17-14-12-16(13-15-17)22(25)26-3/h4-15H,1-3H3. The molecule has 3 nitrogen and oxygen atoms in total. The predicted molar refractivity (Wildman–Crippen MR) is 105 cm³/mol. The van der Waals surface area contributed by atoms with E-state index in [2.05, 4.69) is 67.3 Å². The van der Waals surface area contributed by atoms with Crippen LogP contribution in [0.25, 0.3) is 0 Å². The third-order valence-electron chi connectivity index (χ3n) is 5.18. The molecule has 3 aromatic carbocycles. The number of nitrogens with zero attached hydrogens (tertiary/aromatic N) is 1. The van der Waals surface area contributed by atoms with E-state index in [-0.39, 0.29) is 11.4 Å². The van der Waals surface area contributed by atoms with E-state index in [0.29, 0.717) is 5.56 Å². The maximum atomic E-state index is 11.7. The molecule has 26 heavy (non-hydrogen) atoms. The molecular weight excluding hydrogens is 322 g/mol. The molecule has 0 atom stereocenters. The number of esters is 1. The van der Waals surface area contributed by atoms with Crippen molar-refractivity contribution in [1.82, 2.24) is 0 Å². The van der Waals surface area contributed by atoms with E-state index in [0.717, 1.165) is 5.69 Å². The predicted octanol–water partition coefficient (Wildman–Crippen LogP) is 5.58. The fraction of sp³-hybridized carbons (Fsp3) is 0.174. The normalized spacial score (nSPS) is 14.3. The number of anilines is 3. The van der Waals surface area contributed by atoms with Crippen molar-refractivity contribution in [1.29, 1.82) is 0 Å². The SMILES string of the molecule is COC(=O)c1ccc(N2c3ccccc3C(C)(C)c3ccccc32)cc1. The Morgan fingerprint density at radius 2 is 1.31 bits per heavy atom. The molecule has 0 bridgehead atoms. The summed E-state index contributed by atoms with van der Waals surface area (Å²) in [6.45, 7) is 4.53. The van der Waals surface area contributed by atoms with Gasteiger partial charge in [0.15, 0.2) is 0 Å². The molecule has 0 radical (unpaired) electrons. The quantitative estimate of drug-likeness (QED) is 0.569. The monoisotopic (exact) mass is 343 g/mol. The highest BCUT2D eigenvalue weighted by Gasteiger charge is 2.36. The van der Waals surface area contributed by atoms with Gasteiger partial charge in [0.2, 0.25) is 0 Å². The van der Waals surface area contributed by atoms with Gasteiger partial charge in [-0.1, -0.05) is 50.2 Å². The average Bonchev–Trinajstić information content (AvgIpc) is 2.68. The smallest absolute Gasteiger partial charge is 0.337 e. The fourth-order valence-corrected chi connectivity index (χ4v) is 3.81. The molecule has 0 fully saturated rings. The van der Waals surface area contributed by atoms with Crippen molar-refractivity contribution in [3.63, 3.8) is 0 Å². The van der Waals surface area contributed by atoms with Crippen LogP contribution in [-0.4, -0.2) is 13.1 Å². The van der Waals surface area contributed by atoms with Gasteiger partial charge >= 0.3 is 5.97 Å². The molecule has 0 aromatic heterocycles. The van der Waals surface area contributed by atoms with Crippen molar-refractivity contribution in [2.45, 2.75) is 19.3 Å². The summed E-state index contributed by atoms with van der Waals surface area (Å²) in [5.41, 5.74) is 6.41. The van der Waals surface area contributed by atoms with Crippen LogP contribution in [-0.2, 0) is 10.2 Å². The van der Waals surface area contributed by atoms with Crippen LogP contribution in [0.4, 0.5) is 17.1 Å². The number of ether oxygens (including phenoxy) is 1. The van der Waals surface area contributed by atoms with E-state index in [1.807, 2.05) is 24.3 Å². The molecule has 0 N–H and O–H groups in total. The van der Waals surface area contributed by atoms with Crippen molar-refractivity contribution in [2.24, 2.45) is 0 Å². The van der Waals surface area contributed by atoms with E-state index in [1.165, 1.54) is 29.6 Å². The molecule has 0 unspecified atom stereocenters. The van der Waals surface area contributed by atoms with E-state index >= 15 is 0 Å². The number of hydrogen-bond donors (Lipinski definition) is 0. The molecule has 0 saturated heterocycles. The zero-order chi connectivity index (χ0) is 18.3. The van der Waals surface area contributed by atoms with E-state index in [4.69, 9.17) is 4.74 Å². The first-order valence-corrected chi connectivity index (χ1v) is 8.71. The summed E-state index contributed by atoms with van der Waals surface area (Å²) >= 11 is 0.